The third kappa shape index (κ3) is 1.91. The van der Waals surface area contributed by atoms with Gasteiger partial charge in [0.05, 0.1) is 12.5 Å². The van der Waals surface area contributed by atoms with Gasteiger partial charge >= 0.3 is 5.97 Å². The molecule has 0 saturated heterocycles. The zero-order valence-electron chi connectivity index (χ0n) is 9.59. The van der Waals surface area contributed by atoms with E-state index in [9.17, 15) is 9.59 Å². The Kier molecular flexibility index (Phi) is 3.42. The predicted octanol–water partition coefficient (Wildman–Crippen LogP) is 1.97. The molecule has 0 aromatic carbocycles. The van der Waals surface area contributed by atoms with Gasteiger partial charge < -0.3 is 9.53 Å². The van der Waals surface area contributed by atoms with Crippen molar-refractivity contribution in [1.82, 2.24) is 0 Å². The Morgan fingerprint density at radius 2 is 2.38 bits per heavy atom. The lowest BCUT2D eigenvalue weighted by Crippen LogP contribution is -2.23. The van der Waals surface area contributed by atoms with Gasteiger partial charge in [0.1, 0.15) is 6.29 Å². The first-order valence-electron chi connectivity index (χ1n) is 6.06. The average molecular weight is 222 g/mol. The second kappa shape index (κ2) is 4.81. The quantitative estimate of drug-likeness (QED) is 0.416. The molecule has 88 valence electrons. The van der Waals surface area contributed by atoms with Gasteiger partial charge in [0, 0.05) is 5.92 Å². The molecule has 0 aliphatic heterocycles. The molecule has 2 rings (SSSR count). The Morgan fingerprint density at radius 3 is 3.06 bits per heavy atom. The van der Waals surface area contributed by atoms with Crippen molar-refractivity contribution in [3.63, 3.8) is 0 Å². The normalized spacial score (nSPS) is 36.8. The summed E-state index contributed by atoms with van der Waals surface area (Å²) in [6.07, 6.45) is 8.05. The lowest BCUT2D eigenvalue weighted by atomic mass is 9.88. The molecule has 0 radical (unpaired) electrons. The molecular weight excluding hydrogens is 204 g/mol. The summed E-state index contributed by atoms with van der Waals surface area (Å²) in [6, 6.07) is 0. The Labute approximate surface area is 95.9 Å². The molecule has 1 saturated carbocycles. The molecule has 0 aromatic rings. The maximum absolute atomic E-state index is 11.8. The van der Waals surface area contributed by atoms with Gasteiger partial charge in [-0.2, -0.15) is 0 Å². The number of fused-ring (bicyclic) bond motifs is 2. The van der Waals surface area contributed by atoms with Crippen molar-refractivity contribution in [3.05, 3.63) is 12.2 Å². The van der Waals surface area contributed by atoms with E-state index in [0.717, 1.165) is 25.5 Å². The van der Waals surface area contributed by atoms with Crippen molar-refractivity contribution >= 4 is 12.3 Å². The van der Waals surface area contributed by atoms with Crippen LogP contribution in [0.25, 0.3) is 0 Å². The molecule has 3 heteroatoms. The molecule has 2 aliphatic carbocycles. The number of carbonyl (C=O) groups is 2. The summed E-state index contributed by atoms with van der Waals surface area (Å²) in [6.45, 7) is 2.24. The number of hydrogen-bond acceptors (Lipinski definition) is 3. The van der Waals surface area contributed by atoms with Gasteiger partial charge in [0.15, 0.2) is 0 Å². The van der Waals surface area contributed by atoms with Crippen molar-refractivity contribution in [3.8, 4) is 0 Å². The average Bonchev–Trinajstić information content (AvgIpc) is 2.46. The van der Waals surface area contributed by atoms with Crippen LogP contribution in [0.3, 0.4) is 0 Å². The number of carbonyl (C=O) groups excluding carboxylic acids is 2. The molecule has 4 atom stereocenters. The Hall–Kier alpha value is -1.12. The summed E-state index contributed by atoms with van der Waals surface area (Å²) in [7, 11) is 0. The molecule has 16 heavy (non-hydrogen) atoms. The summed E-state index contributed by atoms with van der Waals surface area (Å²) < 4.78 is 5.08. The Bertz CT molecular complexity index is 308. The maximum atomic E-state index is 11.8. The first kappa shape index (κ1) is 11.4. The highest BCUT2D eigenvalue weighted by Gasteiger charge is 2.46. The zero-order valence-corrected chi connectivity index (χ0v) is 9.59. The molecule has 0 spiro atoms. The smallest absolute Gasteiger partial charge is 0.309 e. The van der Waals surface area contributed by atoms with E-state index >= 15 is 0 Å². The topological polar surface area (TPSA) is 43.4 Å². The number of hydrogen-bond donors (Lipinski definition) is 0. The van der Waals surface area contributed by atoms with E-state index in [-0.39, 0.29) is 23.7 Å². The summed E-state index contributed by atoms with van der Waals surface area (Å²) >= 11 is 0. The molecule has 3 nitrogen and oxygen atoms in total. The van der Waals surface area contributed by atoms with E-state index in [4.69, 9.17) is 4.74 Å². The van der Waals surface area contributed by atoms with Crippen LogP contribution in [0.2, 0.25) is 0 Å². The number of allylic oxidation sites excluding steroid dienone is 2. The van der Waals surface area contributed by atoms with Crippen LogP contribution in [-0.4, -0.2) is 18.9 Å². The van der Waals surface area contributed by atoms with Crippen molar-refractivity contribution in [2.75, 3.05) is 6.61 Å². The van der Waals surface area contributed by atoms with Crippen LogP contribution < -0.4 is 0 Å². The fourth-order valence-corrected chi connectivity index (χ4v) is 3.06. The standard InChI is InChI=1S/C13H18O3/c1-2-16-13(15)11-7-9-5-3-4-6-10(11)12(9)8-14/h4,6,8-12H,2-3,5,7H2,1H3/t9-,10+,11-,12-/m1/s1. The third-order valence-corrected chi connectivity index (χ3v) is 3.82. The van der Waals surface area contributed by atoms with E-state index in [1.807, 2.05) is 13.0 Å². The van der Waals surface area contributed by atoms with Crippen molar-refractivity contribution < 1.29 is 14.3 Å². The summed E-state index contributed by atoms with van der Waals surface area (Å²) in [5.74, 6) is 0.231. The van der Waals surface area contributed by atoms with Gasteiger partial charge in [-0.1, -0.05) is 12.2 Å². The summed E-state index contributed by atoms with van der Waals surface area (Å²) in [4.78, 5) is 22.9. The predicted molar refractivity (Wildman–Crippen MR) is 59.6 cm³/mol. The van der Waals surface area contributed by atoms with Crippen LogP contribution in [-0.2, 0) is 14.3 Å². The molecule has 1 fully saturated rings. The van der Waals surface area contributed by atoms with Gasteiger partial charge in [-0.15, -0.1) is 0 Å². The van der Waals surface area contributed by atoms with Gasteiger partial charge in [-0.3, -0.25) is 4.79 Å². The second-order valence-corrected chi connectivity index (χ2v) is 4.65. The summed E-state index contributed by atoms with van der Waals surface area (Å²) in [5, 5.41) is 0. The van der Waals surface area contributed by atoms with Gasteiger partial charge in [-0.05, 0) is 38.0 Å². The summed E-state index contributed by atoms with van der Waals surface area (Å²) in [5.41, 5.74) is 0. The minimum Gasteiger partial charge on any atom is -0.466 e. The van der Waals surface area contributed by atoms with Crippen LogP contribution in [0.15, 0.2) is 12.2 Å². The number of esters is 1. The molecule has 2 bridgehead atoms. The highest BCUT2D eigenvalue weighted by molar-refractivity contribution is 5.75. The molecule has 0 unspecified atom stereocenters. The minimum atomic E-state index is -0.131. The largest absolute Gasteiger partial charge is 0.466 e. The lowest BCUT2D eigenvalue weighted by Gasteiger charge is -2.16. The number of aldehydes is 1. The first-order chi connectivity index (χ1) is 7.77. The highest BCUT2D eigenvalue weighted by atomic mass is 16.5. The number of rotatable bonds is 3. The Morgan fingerprint density at radius 1 is 1.56 bits per heavy atom. The van der Waals surface area contributed by atoms with E-state index in [0.29, 0.717) is 12.5 Å². The monoisotopic (exact) mass is 222 g/mol. The minimum absolute atomic E-state index is 0.0214. The maximum Gasteiger partial charge on any atom is 0.309 e. The lowest BCUT2D eigenvalue weighted by molar-refractivity contribution is -0.148. The third-order valence-electron chi connectivity index (χ3n) is 3.82. The Balaban J connectivity index is 2.17. The zero-order chi connectivity index (χ0) is 11.5. The van der Waals surface area contributed by atoms with Crippen LogP contribution >= 0.6 is 0 Å². The van der Waals surface area contributed by atoms with Crippen molar-refractivity contribution in [2.24, 2.45) is 23.7 Å². The van der Waals surface area contributed by atoms with E-state index in [1.165, 1.54) is 0 Å². The van der Waals surface area contributed by atoms with E-state index < -0.39 is 0 Å². The van der Waals surface area contributed by atoms with Gasteiger partial charge in [0.2, 0.25) is 0 Å². The van der Waals surface area contributed by atoms with Crippen LogP contribution in [0, 0.1) is 23.7 Å². The second-order valence-electron chi connectivity index (χ2n) is 4.65. The van der Waals surface area contributed by atoms with Crippen LogP contribution in [0.5, 0.6) is 0 Å². The number of ether oxygens (including phenoxy) is 1. The molecule has 0 aromatic heterocycles. The highest BCUT2D eigenvalue weighted by Crippen LogP contribution is 2.45. The molecular formula is C13H18O3. The fraction of sp³-hybridized carbons (Fsp3) is 0.692. The van der Waals surface area contributed by atoms with Crippen LogP contribution in [0.4, 0.5) is 0 Å². The van der Waals surface area contributed by atoms with Crippen molar-refractivity contribution in [2.45, 2.75) is 26.2 Å². The first-order valence-corrected chi connectivity index (χ1v) is 6.06. The van der Waals surface area contributed by atoms with Crippen molar-refractivity contribution in [1.29, 1.82) is 0 Å². The molecule has 2 aliphatic rings. The molecule has 0 amide bonds. The molecule has 0 heterocycles. The fourth-order valence-electron chi connectivity index (χ4n) is 3.06. The van der Waals surface area contributed by atoms with E-state index in [2.05, 4.69) is 6.08 Å². The van der Waals surface area contributed by atoms with Gasteiger partial charge in [-0.25, -0.2) is 0 Å². The van der Waals surface area contributed by atoms with E-state index in [1.54, 1.807) is 0 Å². The van der Waals surface area contributed by atoms with Gasteiger partial charge in [0.25, 0.3) is 0 Å². The molecule has 0 N–H and O–H groups in total. The SMILES string of the molecule is CCOC(=O)[C@@H]1C[C@H]2CCC=C[C@@H]1[C@@H]2C=O. The van der Waals surface area contributed by atoms with Crippen LogP contribution in [0.1, 0.15) is 26.2 Å².